The number of nitrogens with one attached hydrogen (secondary N) is 2. The van der Waals surface area contributed by atoms with Crippen LogP contribution in [0.4, 0.5) is 10.6 Å². The number of alkyl carbamates (subject to hydrolysis) is 1. The van der Waals surface area contributed by atoms with Crippen molar-refractivity contribution >= 4 is 35.0 Å². The van der Waals surface area contributed by atoms with Crippen LogP contribution in [0.3, 0.4) is 0 Å². The predicted molar refractivity (Wildman–Crippen MR) is 251 cm³/mol. The Labute approximate surface area is 397 Å². The molecule has 1 amide bonds. The smallest absolute Gasteiger partial charge is 0.407 e. The Hall–Kier alpha value is -6.34. The van der Waals surface area contributed by atoms with Crippen molar-refractivity contribution in [2.24, 2.45) is 11.8 Å². The number of esters is 2. The number of rotatable bonds is 23. The summed E-state index contributed by atoms with van der Waals surface area (Å²) in [4.78, 5) is 52.6. The normalized spacial score (nSPS) is 17.3. The van der Waals surface area contributed by atoms with Crippen molar-refractivity contribution in [2.75, 3.05) is 65.7 Å². The maximum Gasteiger partial charge on any atom is 0.407 e. The van der Waals surface area contributed by atoms with Crippen molar-refractivity contribution in [1.82, 2.24) is 24.8 Å². The van der Waals surface area contributed by atoms with Crippen LogP contribution < -0.4 is 20.1 Å². The fourth-order valence-electron chi connectivity index (χ4n) is 7.46. The first-order valence-corrected chi connectivity index (χ1v) is 22.7. The third-order valence-corrected chi connectivity index (χ3v) is 10.8. The number of carbonyl (C=O) groups is 3. The number of hydrogen-bond acceptors (Lipinski definition) is 16. The molecule has 0 saturated carbocycles. The Morgan fingerprint density at radius 2 is 1.26 bits per heavy atom. The maximum absolute atomic E-state index is 13.6. The van der Waals surface area contributed by atoms with E-state index in [9.17, 15) is 14.4 Å². The number of hydrogen-bond donors (Lipinski definition) is 2. The van der Waals surface area contributed by atoms with Crippen LogP contribution >= 0.6 is 0 Å². The Balaban J connectivity index is 1.28. The van der Waals surface area contributed by atoms with Gasteiger partial charge in [-0.1, -0.05) is 82.3 Å². The van der Waals surface area contributed by atoms with E-state index in [-0.39, 0.29) is 6.61 Å². The number of imidazole rings is 1. The van der Waals surface area contributed by atoms with E-state index in [2.05, 4.69) is 25.6 Å². The molecule has 0 radical (unpaired) electrons. The Bertz CT molecular complexity index is 2340. The van der Waals surface area contributed by atoms with Crippen LogP contribution in [0.15, 0.2) is 91.5 Å². The lowest BCUT2D eigenvalue weighted by Crippen LogP contribution is -2.44. The molecule has 68 heavy (non-hydrogen) atoms. The van der Waals surface area contributed by atoms with Crippen molar-refractivity contribution in [2.45, 2.75) is 84.2 Å². The predicted octanol–water partition coefficient (Wildman–Crippen LogP) is 6.86. The van der Waals surface area contributed by atoms with Gasteiger partial charge in [-0.3, -0.25) is 14.2 Å². The molecule has 1 aliphatic rings. The minimum Gasteiger partial charge on any atom is -0.497 e. The highest BCUT2D eigenvalue weighted by molar-refractivity contribution is 5.83. The van der Waals surface area contributed by atoms with Gasteiger partial charge in [0.15, 0.2) is 29.9 Å². The van der Waals surface area contributed by atoms with Gasteiger partial charge in [-0.25, -0.2) is 19.7 Å². The van der Waals surface area contributed by atoms with Crippen LogP contribution in [0, 0.1) is 11.8 Å². The van der Waals surface area contributed by atoms with Crippen LogP contribution in [0.1, 0.15) is 71.4 Å². The van der Waals surface area contributed by atoms with Gasteiger partial charge in [0.25, 0.3) is 0 Å². The van der Waals surface area contributed by atoms with Gasteiger partial charge >= 0.3 is 18.0 Å². The molecule has 5 aromatic rings. The van der Waals surface area contributed by atoms with Crippen LogP contribution in [0.2, 0.25) is 0 Å². The Morgan fingerprint density at radius 1 is 0.706 bits per heavy atom. The van der Waals surface area contributed by atoms with Crippen molar-refractivity contribution in [3.05, 3.63) is 108 Å². The van der Waals surface area contributed by atoms with Crippen molar-refractivity contribution in [1.29, 1.82) is 0 Å². The van der Waals surface area contributed by atoms with Gasteiger partial charge in [-0.05, 0) is 61.7 Å². The second kappa shape index (κ2) is 23.6. The van der Waals surface area contributed by atoms with E-state index in [1.807, 2.05) is 78.9 Å². The average molecular weight is 941 g/mol. The van der Waals surface area contributed by atoms with E-state index in [0.29, 0.717) is 68.0 Å². The summed E-state index contributed by atoms with van der Waals surface area (Å²) < 4.78 is 56.1. The standard InChI is InChI=1S/C50H64N6O12/c1-32(2)46(57)66-41-39(29-64-50(34-13-11-10-12-14-34,35-15-19-37(60-8)20-16-35)36-17-21-38(61-9)22-18-36)65-45(42(41)67-47(58)33(3)4)56-31-55-44-40(56)43(53-30-54-44)51-23-25-62-27-28-63-26-24-52-48(59)68-49(5,6)7/h10-22,30-33,39,41-42,45H,23-29H2,1-9H3,(H,52,59)(H,51,53,54)/t39-,41-,42-,45-/m1/s1. The molecule has 3 heterocycles. The van der Waals surface area contributed by atoms with Crippen LogP contribution in [-0.4, -0.2) is 122 Å². The molecule has 0 aliphatic carbocycles. The number of carbonyl (C=O) groups excluding carboxylic acids is 3. The first kappa shape index (κ1) is 51.1. The summed E-state index contributed by atoms with van der Waals surface area (Å²) in [5, 5.41) is 5.96. The largest absolute Gasteiger partial charge is 0.497 e. The Kier molecular flexibility index (Phi) is 17.7. The highest BCUT2D eigenvalue weighted by Crippen LogP contribution is 2.44. The molecule has 18 nitrogen and oxygen atoms in total. The monoisotopic (exact) mass is 940 g/mol. The molecular weight excluding hydrogens is 877 g/mol. The average Bonchev–Trinajstić information content (AvgIpc) is 3.91. The number of nitrogens with zero attached hydrogens (tertiary/aromatic N) is 4. The number of amides is 1. The van der Waals surface area contributed by atoms with E-state index in [4.69, 9.17) is 42.6 Å². The lowest BCUT2D eigenvalue weighted by Gasteiger charge is -2.37. The molecule has 4 atom stereocenters. The van der Waals surface area contributed by atoms with E-state index >= 15 is 0 Å². The molecule has 0 spiro atoms. The third kappa shape index (κ3) is 12.8. The molecule has 0 unspecified atom stereocenters. The zero-order valence-electron chi connectivity index (χ0n) is 40.3. The van der Waals surface area contributed by atoms with Crippen LogP contribution in [0.5, 0.6) is 11.5 Å². The highest BCUT2D eigenvalue weighted by Gasteiger charge is 2.53. The van der Waals surface area contributed by atoms with E-state index < -0.39 is 65.6 Å². The lowest BCUT2D eigenvalue weighted by molar-refractivity contribution is -0.173. The van der Waals surface area contributed by atoms with Crippen molar-refractivity contribution < 1.29 is 57.0 Å². The minimum atomic E-state index is -1.25. The summed E-state index contributed by atoms with van der Waals surface area (Å²) in [6, 6.07) is 25.0. The minimum absolute atomic E-state index is 0.148. The fourth-order valence-corrected chi connectivity index (χ4v) is 7.46. The number of methoxy groups -OCH3 is 2. The molecule has 18 heteroatoms. The number of anilines is 1. The first-order valence-electron chi connectivity index (χ1n) is 22.7. The first-order chi connectivity index (χ1) is 32.6. The summed E-state index contributed by atoms with van der Waals surface area (Å²) >= 11 is 0. The van der Waals surface area contributed by atoms with Gasteiger partial charge in [0, 0.05) is 13.1 Å². The summed E-state index contributed by atoms with van der Waals surface area (Å²) in [7, 11) is 3.21. The molecule has 0 bridgehead atoms. The van der Waals surface area contributed by atoms with E-state index in [1.54, 1.807) is 67.3 Å². The maximum atomic E-state index is 13.6. The highest BCUT2D eigenvalue weighted by atomic mass is 16.7. The third-order valence-electron chi connectivity index (χ3n) is 10.8. The van der Waals surface area contributed by atoms with Gasteiger partial charge in [-0.2, -0.15) is 0 Å². The van der Waals surface area contributed by atoms with Crippen molar-refractivity contribution in [3.63, 3.8) is 0 Å². The topological polar surface area (TPSA) is 202 Å². The molecule has 2 aromatic heterocycles. The summed E-state index contributed by atoms with van der Waals surface area (Å²) in [6.07, 6.45) is -1.96. The van der Waals surface area contributed by atoms with E-state index in [1.165, 1.54) is 12.7 Å². The van der Waals surface area contributed by atoms with E-state index in [0.717, 1.165) is 16.7 Å². The molecule has 366 valence electrons. The molecule has 3 aromatic carbocycles. The molecule has 1 fully saturated rings. The zero-order valence-corrected chi connectivity index (χ0v) is 40.3. The fraction of sp³-hybridized carbons (Fsp3) is 0.480. The number of aromatic nitrogens is 4. The van der Waals surface area contributed by atoms with Gasteiger partial charge in [-0.15, -0.1) is 0 Å². The van der Waals surface area contributed by atoms with Gasteiger partial charge in [0.2, 0.25) is 0 Å². The molecule has 6 rings (SSSR count). The van der Waals surface area contributed by atoms with Crippen LogP contribution in [0.25, 0.3) is 11.2 Å². The van der Waals surface area contributed by atoms with Crippen molar-refractivity contribution in [3.8, 4) is 11.5 Å². The molecule has 1 aliphatic heterocycles. The van der Waals surface area contributed by atoms with Gasteiger partial charge in [0.1, 0.15) is 47.0 Å². The molecule has 2 N–H and O–H groups in total. The second-order valence-corrected chi connectivity index (χ2v) is 17.6. The molecular formula is C50H64N6O12. The lowest BCUT2D eigenvalue weighted by atomic mass is 9.80. The zero-order chi connectivity index (χ0) is 48.8. The summed E-state index contributed by atoms with van der Waals surface area (Å²) in [6.45, 7) is 14.0. The van der Waals surface area contributed by atoms with Gasteiger partial charge in [0.05, 0.1) is 59.1 Å². The van der Waals surface area contributed by atoms with Gasteiger partial charge < -0.3 is 53.3 Å². The second-order valence-electron chi connectivity index (χ2n) is 17.6. The quantitative estimate of drug-likeness (QED) is 0.0298. The van der Waals surface area contributed by atoms with Crippen LogP contribution in [-0.2, 0) is 48.3 Å². The number of benzene rings is 3. The SMILES string of the molecule is COc1ccc(C(OC[C@H]2O[C@@H](n3cnc4ncnc(NCCOCCOCCNC(=O)OC(C)(C)C)c43)[C@H](OC(=O)C(C)C)[C@@H]2OC(=O)C(C)C)(c2ccccc2)c2ccc(OC)cc2)cc1. The summed E-state index contributed by atoms with van der Waals surface area (Å²) in [5.41, 5.74) is 1.32. The summed E-state index contributed by atoms with van der Waals surface area (Å²) in [5.74, 6) is -0.350. The number of ether oxygens (including phenoxy) is 9. The Morgan fingerprint density at radius 3 is 1.82 bits per heavy atom. The number of fused-ring (bicyclic) bond motifs is 1. The molecule has 1 saturated heterocycles.